The number of carbonyl (C=O) groups is 4. The van der Waals surface area contributed by atoms with E-state index >= 15 is 0 Å². The molecule has 2 aliphatic heterocycles. The second-order valence-corrected chi connectivity index (χ2v) is 12.2. The van der Waals surface area contributed by atoms with Gasteiger partial charge in [0.15, 0.2) is 0 Å². The molecule has 0 radical (unpaired) electrons. The summed E-state index contributed by atoms with van der Waals surface area (Å²) in [4.78, 5) is 57.3. The lowest BCUT2D eigenvalue weighted by Gasteiger charge is -2.46. The second kappa shape index (κ2) is 9.12. The highest BCUT2D eigenvalue weighted by atomic mass is 16.6. The molecule has 39 heavy (non-hydrogen) atoms. The first kappa shape index (κ1) is 25.9. The van der Waals surface area contributed by atoms with Crippen molar-refractivity contribution >= 4 is 34.2 Å². The van der Waals surface area contributed by atoms with Crippen molar-refractivity contribution in [2.45, 2.75) is 71.1 Å². The molecule has 1 amide bonds. The van der Waals surface area contributed by atoms with Gasteiger partial charge in [0.05, 0.1) is 11.7 Å². The van der Waals surface area contributed by atoms with Crippen LogP contribution in [0.2, 0.25) is 0 Å². The van der Waals surface area contributed by atoms with Crippen molar-refractivity contribution in [3.8, 4) is 0 Å². The molecule has 1 aromatic heterocycles. The van der Waals surface area contributed by atoms with Gasteiger partial charge in [-0.3, -0.25) is 19.2 Å². The van der Waals surface area contributed by atoms with Crippen molar-refractivity contribution in [1.29, 1.82) is 0 Å². The van der Waals surface area contributed by atoms with E-state index in [4.69, 9.17) is 4.74 Å². The van der Waals surface area contributed by atoms with E-state index in [1.807, 2.05) is 49.5 Å². The summed E-state index contributed by atoms with van der Waals surface area (Å²) in [6.45, 7) is 7.83. The van der Waals surface area contributed by atoms with Gasteiger partial charge in [-0.25, -0.2) is 0 Å². The van der Waals surface area contributed by atoms with Crippen LogP contribution in [0.3, 0.4) is 0 Å². The molecule has 1 aromatic carbocycles. The molecular weight excluding hydrogens is 492 g/mol. The van der Waals surface area contributed by atoms with Crippen molar-refractivity contribution in [1.82, 2.24) is 10.3 Å². The summed E-state index contributed by atoms with van der Waals surface area (Å²) < 4.78 is 6.34. The van der Waals surface area contributed by atoms with Gasteiger partial charge in [0.2, 0.25) is 17.5 Å². The minimum absolute atomic E-state index is 0.0299. The standard InChI is InChI=1S/C32H36N2O5/c1-17-8-7-10-22-29-31(4,39-29)19(3)27-24(15-20-16-33-23-11-6-5-9-21(20)23)34-30(38)32(22,27)26(36)13-12-25(35)28(37)18(2)14-17/h5-7,9-11,14,16-17,19,22,24,27,29,33H,8,12-13,15H2,1-4H3,(H,34,38)/b10-7-,18-14-/t17-,19+,22?,24+,27?,29?,31-,32?/m1/s1. The number of hydrogen-bond donors (Lipinski definition) is 2. The molecule has 1 spiro atoms. The number of rotatable bonds is 2. The fourth-order valence-corrected chi connectivity index (χ4v) is 7.84. The van der Waals surface area contributed by atoms with Gasteiger partial charge in [-0.05, 0) is 55.7 Å². The van der Waals surface area contributed by atoms with Crippen LogP contribution in [0, 0.1) is 29.1 Å². The molecule has 2 aromatic rings. The summed E-state index contributed by atoms with van der Waals surface area (Å²) in [5.41, 5.74) is 0.739. The van der Waals surface area contributed by atoms with Crippen LogP contribution in [0.1, 0.15) is 52.5 Å². The molecule has 4 aliphatic rings. The lowest BCUT2D eigenvalue weighted by Crippen LogP contribution is -2.58. The van der Waals surface area contributed by atoms with Gasteiger partial charge >= 0.3 is 0 Å². The predicted octanol–water partition coefficient (Wildman–Crippen LogP) is 4.26. The number of H-pyrrole nitrogens is 1. The molecule has 7 heteroatoms. The molecule has 2 aliphatic carbocycles. The van der Waals surface area contributed by atoms with Crippen LogP contribution in [-0.4, -0.2) is 46.0 Å². The Balaban J connectivity index is 1.44. The Morgan fingerprint density at radius 1 is 1.08 bits per heavy atom. The molecule has 4 unspecified atom stereocenters. The summed E-state index contributed by atoms with van der Waals surface area (Å²) in [6, 6.07) is 7.79. The third-order valence-corrected chi connectivity index (χ3v) is 9.99. The number of hydrogen-bond acceptors (Lipinski definition) is 5. The average molecular weight is 529 g/mol. The molecule has 204 valence electrons. The first-order valence-electron chi connectivity index (χ1n) is 14.1. The number of nitrogens with one attached hydrogen (secondary N) is 2. The van der Waals surface area contributed by atoms with E-state index in [0.717, 1.165) is 16.5 Å². The number of benzene rings is 1. The van der Waals surface area contributed by atoms with Gasteiger partial charge in [0, 0.05) is 47.8 Å². The normalized spacial score (nSPS) is 40.8. The molecule has 2 N–H and O–H groups in total. The Morgan fingerprint density at radius 2 is 1.85 bits per heavy atom. The minimum Gasteiger partial charge on any atom is -0.365 e. The van der Waals surface area contributed by atoms with Gasteiger partial charge in [-0.2, -0.15) is 0 Å². The van der Waals surface area contributed by atoms with Gasteiger partial charge in [0.1, 0.15) is 11.2 Å². The Kier molecular flexibility index (Phi) is 6.06. The van der Waals surface area contributed by atoms with E-state index in [-0.39, 0.29) is 54.4 Å². The number of ketones is 3. The van der Waals surface area contributed by atoms with E-state index in [2.05, 4.69) is 30.2 Å². The predicted molar refractivity (Wildman–Crippen MR) is 147 cm³/mol. The smallest absolute Gasteiger partial charge is 0.235 e. The number of amides is 1. The Morgan fingerprint density at radius 3 is 2.64 bits per heavy atom. The lowest BCUT2D eigenvalue weighted by molar-refractivity contribution is -0.149. The topological polar surface area (TPSA) is 109 Å². The highest BCUT2D eigenvalue weighted by Crippen LogP contribution is 2.66. The number of para-hydroxylation sites is 1. The van der Waals surface area contributed by atoms with Gasteiger partial charge in [-0.15, -0.1) is 0 Å². The minimum atomic E-state index is -1.35. The highest BCUT2D eigenvalue weighted by Gasteiger charge is 2.78. The maximum Gasteiger partial charge on any atom is 0.235 e. The van der Waals surface area contributed by atoms with E-state index in [0.29, 0.717) is 18.4 Å². The summed E-state index contributed by atoms with van der Waals surface area (Å²) in [7, 11) is 0. The summed E-state index contributed by atoms with van der Waals surface area (Å²) in [6.07, 6.45) is 8.46. The summed E-state index contributed by atoms with van der Waals surface area (Å²) >= 11 is 0. The third-order valence-electron chi connectivity index (χ3n) is 9.99. The van der Waals surface area contributed by atoms with E-state index in [1.54, 1.807) is 6.92 Å². The van der Waals surface area contributed by atoms with Crippen molar-refractivity contribution in [2.75, 3.05) is 0 Å². The van der Waals surface area contributed by atoms with Crippen molar-refractivity contribution in [3.05, 3.63) is 59.8 Å². The Bertz CT molecular complexity index is 1450. The Labute approximate surface area is 228 Å². The van der Waals surface area contributed by atoms with Gasteiger partial charge in [-0.1, -0.05) is 50.3 Å². The van der Waals surface area contributed by atoms with Crippen molar-refractivity contribution in [2.24, 2.45) is 29.1 Å². The molecule has 1 saturated carbocycles. The number of ether oxygens (including phenoxy) is 1. The number of aromatic nitrogens is 1. The van der Waals surface area contributed by atoms with Crippen LogP contribution < -0.4 is 5.32 Å². The number of Topliss-reactive ketones (excluding diaryl/α,β-unsaturated/α-hetero) is 3. The molecule has 7 nitrogen and oxygen atoms in total. The van der Waals surface area contributed by atoms with Crippen LogP contribution in [0.4, 0.5) is 0 Å². The fourth-order valence-electron chi connectivity index (χ4n) is 7.84. The first-order chi connectivity index (χ1) is 18.6. The summed E-state index contributed by atoms with van der Waals surface area (Å²) in [5.74, 6) is -2.47. The van der Waals surface area contributed by atoms with Crippen LogP contribution in [-0.2, 0) is 30.3 Å². The summed E-state index contributed by atoms with van der Waals surface area (Å²) in [5, 5.41) is 4.34. The van der Waals surface area contributed by atoms with Crippen LogP contribution >= 0.6 is 0 Å². The zero-order chi connectivity index (χ0) is 27.7. The Hall–Kier alpha value is -3.32. The average Bonchev–Trinajstić information content (AvgIpc) is 3.31. The first-order valence-corrected chi connectivity index (χ1v) is 14.1. The number of aromatic amines is 1. The van der Waals surface area contributed by atoms with E-state index < -0.39 is 28.5 Å². The van der Waals surface area contributed by atoms with Gasteiger partial charge < -0.3 is 15.0 Å². The molecule has 6 rings (SSSR count). The van der Waals surface area contributed by atoms with E-state index in [9.17, 15) is 19.2 Å². The third kappa shape index (κ3) is 3.80. The zero-order valence-corrected chi connectivity index (χ0v) is 23.0. The van der Waals surface area contributed by atoms with Gasteiger partial charge in [0.25, 0.3) is 0 Å². The number of carbonyl (C=O) groups excluding carboxylic acids is 4. The molecule has 8 atom stereocenters. The maximum absolute atomic E-state index is 14.3. The maximum atomic E-state index is 14.3. The van der Waals surface area contributed by atoms with Crippen LogP contribution in [0.15, 0.2) is 54.3 Å². The second-order valence-electron chi connectivity index (χ2n) is 12.2. The van der Waals surface area contributed by atoms with Crippen molar-refractivity contribution < 1.29 is 23.9 Å². The molecule has 3 heterocycles. The van der Waals surface area contributed by atoms with Crippen LogP contribution in [0.25, 0.3) is 10.9 Å². The largest absolute Gasteiger partial charge is 0.365 e. The number of fused-ring (bicyclic) bond motifs is 3. The van der Waals surface area contributed by atoms with Crippen molar-refractivity contribution in [3.63, 3.8) is 0 Å². The number of allylic oxidation sites excluding steroid dienone is 3. The molecule has 0 bridgehead atoms. The highest BCUT2D eigenvalue weighted by molar-refractivity contribution is 6.43. The molecule has 2 saturated heterocycles. The molecular formula is C32H36N2O5. The van der Waals surface area contributed by atoms with Crippen LogP contribution in [0.5, 0.6) is 0 Å². The van der Waals surface area contributed by atoms with E-state index in [1.165, 1.54) is 0 Å². The molecule has 3 fully saturated rings. The number of epoxide rings is 1. The quantitative estimate of drug-likeness (QED) is 0.262. The zero-order valence-electron chi connectivity index (χ0n) is 23.0. The fraction of sp³-hybridized carbons (Fsp3) is 0.500. The lowest BCUT2D eigenvalue weighted by atomic mass is 9.51. The monoisotopic (exact) mass is 528 g/mol. The SMILES string of the molecule is C/C1=C/[C@H](C)C/C=C\C2C3O[C@]3(C)[C@@H](C)C3[C@H](Cc4c[nH]c5ccccc45)NC(=O)C23C(=O)CCC(=O)C1=O.